The van der Waals surface area contributed by atoms with Crippen LogP contribution >= 0.6 is 0 Å². The molecule has 7 nitrogen and oxygen atoms in total. The lowest BCUT2D eigenvalue weighted by molar-refractivity contribution is -0.111. The van der Waals surface area contributed by atoms with E-state index in [4.69, 9.17) is 18.6 Å². The van der Waals surface area contributed by atoms with E-state index in [9.17, 15) is 4.79 Å². The van der Waals surface area contributed by atoms with Gasteiger partial charge < -0.3 is 23.9 Å². The minimum absolute atomic E-state index is 0.246. The van der Waals surface area contributed by atoms with Gasteiger partial charge in [-0.3, -0.25) is 9.78 Å². The van der Waals surface area contributed by atoms with Crippen molar-refractivity contribution in [3.05, 3.63) is 84.8 Å². The van der Waals surface area contributed by atoms with Gasteiger partial charge in [0.25, 0.3) is 0 Å². The second kappa shape index (κ2) is 10.1. The molecule has 0 aliphatic heterocycles. The number of hydrogen-bond donors (Lipinski definition) is 1. The van der Waals surface area contributed by atoms with Gasteiger partial charge in [-0.05, 0) is 61.0 Å². The molecule has 5 rings (SSSR count). The number of pyridine rings is 1. The molecule has 186 valence electrons. The normalized spacial score (nSPS) is 11.5. The number of allylic oxidation sites excluding steroid dienone is 1. The Kier molecular flexibility index (Phi) is 6.51. The number of amides is 1. The first-order valence-corrected chi connectivity index (χ1v) is 11.7. The monoisotopic (exact) mass is 494 g/mol. The second-order valence-electron chi connectivity index (χ2n) is 8.49. The molecule has 1 N–H and O–H groups in total. The van der Waals surface area contributed by atoms with Gasteiger partial charge in [0.2, 0.25) is 5.91 Å². The van der Waals surface area contributed by atoms with E-state index in [-0.39, 0.29) is 5.91 Å². The van der Waals surface area contributed by atoms with E-state index in [0.29, 0.717) is 28.5 Å². The lowest BCUT2D eigenvalue weighted by Crippen LogP contribution is -2.08. The number of nitrogens with one attached hydrogen (secondary N) is 1. The molecule has 0 saturated heterocycles. The first kappa shape index (κ1) is 23.9. The van der Waals surface area contributed by atoms with E-state index in [2.05, 4.69) is 10.3 Å². The van der Waals surface area contributed by atoms with Gasteiger partial charge in [-0.15, -0.1) is 0 Å². The number of aromatic nitrogens is 1. The van der Waals surface area contributed by atoms with Crippen LogP contribution in [0.2, 0.25) is 0 Å². The Morgan fingerprint density at radius 3 is 2.54 bits per heavy atom. The number of methoxy groups -OCH3 is 3. The summed E-state index contributed by atoms with van der Waals surface area (Å²) in [7, 11) is 4.84. The summed E-state index contributed by atoms with van der Waals surface area (Å²) in [6.45, 7) is 1.87. The van der Waals surface area contributed by atoms with Crippen molar-refractivity contribution in [1.82, 2.24) is 4.98 Å². The van der Waals surface area contributed by atoms with E-state index in [1.807, 2.05) is 67.6 Å². The van der Waals surface area contributed by atoms with Crippen molar-refractivity contribution >= 4 is 39.0 Å². The van der Waals surface area contributed by atoms with Crippen LogP contribution in [-0.4, -0.2) is 32.2 Å². The van der Waals surface area contributed by atoms with Gasteiger partial charge in [0.05, 0.1) is 33.1 Å². The molecule has 0 unspecified atom stereocenters. The third-order valence-electron chi connectivity index (χ3n) is 6.24. The van der Waals surface area contributed by atoms with E-state index < -0.39 is 0 Å². The van der Waals surface area contributed by atoms with Crippen molar-refractivity contribution in [2.45, 2.75) is 6.92 Å². The SMILES string of the molecule is COc1ccc(OC)c(-c2coc3cc(OC)c(/C(C)=C/C(=O)Nc4ccc5ncccc5c4)cc23)c1. The van der Waals surface area contributed by atoms with Gasteiger partial charge in [0.15, 0.2) is 0 Å². The number of fused-ring (bicyclic) bond motifs is 2. The van der Waals surface area contributed by atoms with Crippen molar-refractivity contribution < 1.29 is 23.4 Å². The Morgan fingerprint density at radius 1 is 0.919 bits per heavy atom. The number of nitrogens with zero attached hydrogens (tertiary/aromatic N) is 1. The molecule has 2 aromatic heterocycles. The molecule has 0 atom stereocenters. The second-order valence-corrected chi connectivity index (χ2v) is 8.49. The van der Waals surface area contributed by atoms with Crippen LogP contribution in [0.1, 0.15) is 12.5 Å². The standard InChI is InChI=1S/C30H26N2O5/c1-18(12-30(33)32-20-7-9-26-19(13-20)6-5-11-31-26)22-15-24-25(17-37-29(24)16-28(22)36-4)23-14-21(34-2)8-10-27(23)35-3/h5-17H,1-4H3,(H,32,33)/b18-12+. The molecular weight excluding hydrogens is 468 g/mol. The predicted octanol–water partition coefficient (Wildman–Crippen LogP) is 6.72. The fourth-order valence-corrected chi connectivity index (χ4v) is 4.37. The quantitative estimate of drug-likeness (QED) is 0.253. The highest BCUT2D eigenvalue weighted by atomic mass is 16.5. The maximum Gasteiger partial charge on any atom is 0.248 e. The fraction of sp³-hybridized carbons (Fsp3) is 0.133. The number of furan rings is 1. The van der Waals surface area contributed by atoms with Crippen molar-refractivity contribution in [3.8, 4) is 28.4 Å². The highest BCUT2D eigenvalue weighted by Crippen LogP contribution is 2.41. The Hall–Kier alpha value is -4.78. The number of ether oxygens (including phenoxy) is 3. The highest BCUT2D eigenvalue weighted by Gasteiger charge is 2.18. The maximum atomic E-state index is 12.9. The number of hydrogen-bond acceptors (Lipinski definition) is 6. The molecule has 7 heteroatoms. The summed E-state index contributed by atoms with van der Waals surface area (Å²) in [5.74, 6) is 1.75. The summed E-state index contributed by atoms with van der Waals surface area (Å²) >= 11 is 0. The molecule has 0 spiro atoms. The molecular formula is C30H26N2O5. The molecule has 0 aliphatic carbocycles. The third-order valence-corrected chi connectivity index (χ3v) is 6.24. The third kappa shape index (κ3) is 4.71. The van der Waals surface area contributed by atoms with Gasteiger partial charge in [0.1, 0.15) is 22.8 Å². The lowest BCUT2D eigenvalue weighted by atomic mass is 9.98. The van der Waals surface area contributed by atoms with Gasteiger partial charge in [-0.2, -0.15) is 0 Å². The zero-order valence-corrected chi connectivity index (χ0v) is 21.0. The zero-order chi connectivity index (χ0) is 25.9. The van der Waals surface area contributed by atoms with Gasteiger partial charge in [-0.1, -0.05) is 6.07 Å². The average molecular weight is 495 g/mol. The molecule has 0 aliphatic rings. The summed E-state index contributed by atoms with van der Waals surface area (Å²) in [6, 6.07) is 18.8. The summed E-state index contributed by atoms with van der Waals surface area (Å²) in [6.07, 6.45) is 4.99. The van der Waals surface area contributed by atoms with E-state index in [0.717, 1.165) is 38.6 Å². The fourth-order valence-electron chi connectivity index (χ4n) is 4.37. The number of carbonyl (C=O) groups is 1. The smallest absolute Gasteiger partial charge is 0.248 e. The van der Waals surface area contributed by atoms with Crippen LogP contribution in [0.15, 0.2) is 83.6 Å². The Balaban J connectivity index is 1.51. The minimum atomic E-state index is -0.246. The zero-order valence-electron chi connectivity index (χ0n) is 21.0. The van der Waals surface area contributed by atoms with Crippen molar-refractivity contribution in [2.75, 3.05) is 26.6 Å². The van der Waals surface area contributed by atoms with Crippen LogP contribution in [-0.2, 0) is 4.79 Å². The molecule has 0 fully saturated rings. The van der Waals surface area contributed by atoms with Crippen molar-refractivity contribution in [2.24, 2.45) is 0 Å². The number of benzene rings is 3. The predicted molar refractivity (Wildman–Crippen MR) is 145 cm³/mol. The summed E-state index contributed by atoms with van der Waals surface area (Å²) < 4.78 is 22.5. The first-order valence-electron chi connectivity index (χ1n) is 11.7. The number of carbonyl (C=O) groups excluding carboxylic acids is 1. The van der Waals surface area contributed by atoms with E-state index in [1.165, 1.54) is 0 Å². The van der Waals surface area contributed by atoms with Crippen LogP contribution in [0, 0.1) is 0 Å². The van der Waals surface area contributed by atoms with Crippen LogP contribution < -0.4 is 19.5 Å². The summed E-state index contributed by atoms with van der Waals surface area (Å²) in [5, 5.41) is 4.75. The molecule has 0 bridgehead atoms. The molecule has 37 heavy (non-hydrogen) atoms. The Labute approximate surface area is 214 Å². The summed E-state index contributed by atoms with van der Waals surface area (Å²) in [5.41, 5.74) is 5.41. The van der Waals surface area contributed by atoms with Crippen LogP contribution in [0.5, 0.6) is 17.2 Å². The minimum Gasteiger partial charge on any atom is -0.497 e. The van der Waals surface area contributed by atoms with Gasteiger partial charge in [-0.25, -0.2) is 0 Å². The van der Waals surface area contributed by atoms with Gasteiger partial charge >= 0.3 is 0 Å². The average Bonchev–Trinajstić information content (AvgIpc) is 3.34. The molecule has 2 heterocycles. The van der Waals surface area contributed by atoms with Crippen LogP contribution in [0.4, 0.5) is 5.69 Å². The summed E-state index contributed by atoms with van der Waals surface area (Å²) in [4.78, 5) is 17.2. The van der Waals surface area contributed by atoms with E-state index in [1.54, 1.807) is 39.9 Å². The van der Waals surface area contributed by atoms with Crippen molar-refractivity contribution in [3.63, 3.8) is 0 Å². The molecule has 0 radical (unpaired) electrons. The Morgan fingerprint density at radius 2 is 1.76 bits per heavy atom. The van der Waals surface area contributed by atoms with Crippen LogP contribution in [0.25, 0.3) is 38.6 Å². The molecule has 1 amide bonds. The molecule has 0 saturated carbocycles. The van der Waals surface area contributed by atoms with Gasteiger partial charge in [0, 0.05) is 51.5 Å². The number of rotatable bonds is 7. The topological polar surface area (TPSA) is 82.8 Å². The highest BCUT2D eigenvalue weighted by molar-refractivity contribution is 6.06. The largest absolute Gasteiger partial charge is 0.497 e. The maximum absolute atomic E-state index is 12.9. The van der Waals surface area contributed by atoms with E-state index >= 15 is 0 Å². The number of anilines is 1. The first-order chi connectivity index (χ1) is 18.0. The molecule has 5 aromatic rings. The lowest BCUT2D eigenvalue weighted by Gasteiger charge is -2.12. The Bertz CT molecular complexity index is 1650. The van der Waals surface area contributed by atoms with Crippen LogP contribution in [0.3, 0.4) is 0 Å². The van der Waals surface area contributed by atoms with Crippen molar-refractivity contribution in [1.29, 1.82) is 0 Å². The molecule has 3 aromatic carbocycles.